The molecule has 2 rings (SSSR count). The van der Waals surface area contributed by atoms with Gasteiger partial charge in [0.05, 0.1) is 5.69 Å². The highest BCUT2D eigenvalue weighted by Crippen LogP contribution is 2.11. The molecule has 18 heavy (non-hydrogen) atoms. The van der Waals surface area contributed by atoms with Crippen molar-refractivity contribution in [2.24, 2.45) is 0 Å². The molecular formula is C11H17ClN4OS. The number of hydrogen-bond acceptors (Lipinski definition) is 5. The predicted octanol–water partition coefficient (Wildman–Crippen LogP) is 1.17. The Hall–Kier alpha value is -0.980. The van der Waals surface area contributed by atoms with E-state index in [0.29, 0.717) is 11.4 Å². The summed E-state index contributed by atoms with van der Waals surface area (Å²) in [7, 11) is 0. The number of carbonyl (C=O) groups excluding carboxylic acids is 1. The lowest BCUT2D eigenvalue weighted by Gasteiger charge is -2.14. The Morgan fingerprint density at radius 2 is 2.44 bits per heavy atom. The van der Waals surface area contributed by atoms with Crippen molar-refractivity contribution in [3.8, 4) is 0 Å². The molecule has 0 radical (unpaired) electrons. The maximum Gasteiger partial charge on any atom is 0.265 e. The van der Waals surface area contributed by atoms with Crippen molar-refractivity contribution in [1.29, 1.82) is 0 Å². The van der Waals surface area contributed by atoms with E-state index in [1.165, 1.54) is 5.57 Å². The van der Waals surface area contributed by atoms with E-state index in [-0.39, 0.29) is 18.3 Å². The Bertz CT molecular complexity index is 432. The number of nitrogens with one attached hydrogen (secondary N) is 2. The first kappa shape index (κ1) is 15.1. The van der Waals surface area contributed by atoms with E-state index in [4.69, 9.17) is 0 Å². The highest BCUT2D eigenvalue weighted by atomic mass is 35.5. The topological polar surface area (TPSA) is 66.9 Å². The lowest BCUT2D eigenvalue weighted by molar-refractivity contribution is 0.0959. The first-order chi connectivity index (χ1) is 8.31. The fraction of sp³-hybridized carbons (Fsp3) is 0.545. The minimum absolute atomic E-state index is 0. The standard InChI is InChI=1S/C11H16N4OS.ClH/c1-2-9-10(17-15-14-9)11(16)13-7-8-3-5-12-6-4-8;/h3,12H,2,4-7H2,1H3,(H,13,16);1H. The second-order valence-electron chi connectivity index (χ2n) is 3.90. The summed E-state index contributed by atoms with van der Waals surface area (Å²) < 4.78 is 3.82. The fourth-order valence-corrected chi connectivity index (χ4v) is 2.38. The number of nitrogens with zero attached hydrogens (tertiary/aromatic N) is 2. The van der Waals surface area contributed by atoms with Gasteiger partial charge in [0.25, 0.3) is 5.91 Å². The zero-order chi connectivity index (χ0) is 12.1. The highest BCUT2D eigenvalue weighted by molar-refractivity contribution is 7.08. The number of aryl methyl sites for hydroxylation is 1. The van der Waals surface area contributed by atoms with Crippen LogP contribution >= 0.6 is 23.9 Å². The molecule has 1 amide bonds. The molecular weight excluding hydrogens is 272 g/mol. The Labute approximate surface area is 117 Å². The molecule has 2 heterocycles. The van der Waals surface area contributed by atoms with Crippen molar-refractivity contribution < 1.29 is 4.79 Å². The highest BCUT2D eigenvalue weighted by Gasteiger charge is 2.15. The lowest BCUT2D eigenvalue weighted by Crippen LogP contribution is -2.29. The zero-order valence-electron chi connectivity index (χ0n) is 10.2. The Kier molecular flexibility index (Phi) is 6.24. The third kappa shape index (κ3) is 3.76. The van der Waals surface area contributed by atoms with Gasteiger partial charge in [-0.3, -0.25) is 4.79 Å². The molecule has 1 aliphatic rings. The predicted molar refractivity (Wildman–Crippen MR) is 74.4 cm³/mol. The lowest BCUT2D eigenvalue weighted by atomic mass is 10.1. The molecule has 0 unspecified atom stereocenters. The van der Waals surface area contributed by atoms with Crippen molar-refractivity contribution >= 4 is 29.8 Å². The molecule has 1 aromatic heterocycles. The van der Waals surface area contributed by atoms with E-state index in [1.807, 2.05) is 6.92 Å². The molecule has 1 aromatic rings. The van der Waals surface area contributed by atoms with Crippen molar-refractivity contribution in [1.82, 2.24) is 20.2 Å². The van der Waals surface area contributed by atoms with Gasteiger partial charge < -0.3 is 10.6 Å². The maximum absolute atomic E-state index is 11.9. The molecule has 100 valence electrons. The summed E-state index contributed by atoms with van der Waals surface area (Å²) in [5.74, 6) is -0.0590. The van der Waals surface area contributed by atoms with Crippen LogP contribution in [-0.4, -0.2) is 35.1 Å². The molecule has 7 heteroatoms. The van der Waals surface area contributed by atoms with E-state index in [9.17, 15) is 4.79 Å². The van der Waals surface area contributed by atoms with Gasteiger partial charge in [-0.2, -0.15) is 0 Å². The summed E-state index contributed by atoms with van der Waals surface area (Å²) in [4.78, 5) is 12.5. The number of halogens is 1. The summed E-state index contributed by atoms with van der Waals surface area (Å²) in [6, 6.07) is 0. The van der Waals surface area contributed by atoms with Crippen LogP contribution in [0, 0.1) is 0 Å². The molecule has 0 fully saturated rings. The second-order valence-corrected chi connectivity index (χ2v) is 4.66. The van der Waals surface area contributed by atoms with E-state index in [2.05, 4.69) is 26.3 Å². The van der Waals surface area contributed by atoms with Crippen molar-refractivity contribution in [3.63, 3.8) is 0 Å². The van der Waals surface area contributed by atoms with Crippen LogP contribution in [0.4, 0.5) is 0 Å². The van der Waals surface area contributed by atoms with Gasteiger partial charge >= 0.3 is 0 Å². The van der Waals surface area contributed by atoms with Crippen LogP contribution in [0.2, 0.25) is 0 Å². The second kappa shape index (κ2) is 7.45. The van der Waals surface area contributed by atoms with E-state index < -0.39 is 0 Å². The number of hydrogen-bond donors (Lipinski definition) is 2. The van der Waals surface area contributed by atoms with Crippen molar-refractivity contribution in [3.05, 3.63) is 22.2 Å². The van der Waals surface area contributed by atoms with E-state index in [0.717, 1.165) is 43.2 Å². The number of carbonyl (C=O) groups is 1. The van der Waals surface area contributed by atoms with Crippen LogP contribution in [-0.2, 0) is 6.42 Å². The fourth-order valence-electron chi connectivity index (χ4n) is 1.72. The summed E-state index contributed by atoms with van der Waals surface area (Å²) in [6.07, 6.45) is 3.88. The summed E-state index contributed by atoms with van der Waals surface area (Å²) in [5, 5.41) is 10.1. The first-order valence-corrected chi connectivity index (χ1v) is 6.56. The molecule has 0 spiro atoms. The van der Waals surface area contributed by atoms with Crippen LogP contribution in [0.15, 0.2) is 11.6 Å². The van der Waals surface area contributed by atoms with Crippen LogP contribution < -0.4 is 10.6 Å². The summed E-state index contributed by atoms with van der Waals surface area (Å²) >= 11 is 1.16. The van der Waals surface area contributed by atoms with E-state index in [1.54, 1.807) is 0 Å². The molecule has 0 saturated carbocycles. The van der Waals surface area contributed by atoms with Gasteiger partial charge in [-0.25, -0.2) is 0 Å². The van der Waals surface area contributed by atoms with E-state index >= 15 is 0 Å². The van der Waals surface area contributed by atoms with Crippen LogP contribution in [0.25, 0.3) is 0 Å². The third-order valence-electron chi connectivity index (χ3n) is 2.73. The van der Waals surface area contributed by atoms with Crippen molar-refractivity contribution in [2.75, 3.05) is 19.6 Å². The van der Waals surface area contributed by atoms with Gasteiger partial charge in [-0.05, 0) is 30.9 Å². The van der Waals surface area contributed by atoms with Gasteiger partial charge in [0, 0.05) is 13.1 Å². The SMILES string of the molecule is CCc1nnsc1C(=O)NCC1=CCNCC1.Cl. The Morgan fingerprint density at radius 1 is 1.61 bits per heavy atom. The number of aromatic nitrogens is 2. The average molecular weight is 289 g/mol. The largest absolute Gasteiger partial charge is 0.347 e. The zero-order valence-corrected chi connectivity index (χ0v) is 11.9. The Morgan fingerprint density at radius 3 is 3.11 bits per heavy atom. The first-order valence-electron chi connectivity index (χ1n) is 5.79. The molecule has 0 bridgehead atoms. The van der Waals surface area contributed by atoms with Crippen LogP contribution in [0.3, 0.4) is 0 Å². The molecule has 0 atom stereocenters. The minimum Gasteiger partial charge on any atom is -0.347 e. The van der Waals surface area contributed by atoms with Gasteiger partial charge in [0.15, 0.2) is 0 Å². The summed E-state index contributed by atoms with van der Waals surface area (Å²) in [6.45, 7) is 4.49. The molecule has 1 aliphatic heterocycles. The van der Waals surface area contributed by atoms with Crippen molar-refractivity contribution in [2.45, 2.75) is 19.8 Å². The summed E-state index contributed by atoms with van der Waals surface area (Å²) in [5.41, 5.74) is 2.07. The maximum atomic E-state index is 11.9. The van der Waals surface area contributed by atoms with Gasteiger partial charge in [-0.15, -0.1) is 17.5 Å². The Balaban J connectivity index is 0.00000162. The smallest absolute Gasteiger partial charge is 0.265 e. The van der Waals surface area contributed by atoms with Gasteiger partial charge in [-0.1, -0.05) is 23.1 Å². The van der Waals surface area contributed by atoms with Gasteiger partial charge in [0.2, 0.25) is 0 Å². The minimum atomic E-state index is -0.0590. The normalized spacial score (nSPS) is 14.6. The average Bonchev–Trinajstić information content (AvgIpc) is 2.85. The third-order valence-corrected chi connectivity index (χ3v) is 3.50. The molecule has 0 aromatic carbocycles. The van der Waals surface area contributed by atoms with Crippen LogP contribution in [0.5, 0.6) is 0 Å². The molecule has 5 nitrogen and oxygen atoms in total. The molecule has 2 N–H and O–H groups in total. The number of rotatable bonds is 4. The molecule has 0 aliphatic carbocycles. The monoisotopic (exact) mass is 288 g/mol. The van der Waals surface area contributed by atoms with Gasteiger partial charge in [0.1, 0.15) is 4.88 Å². The van der Waals surface area contributed by atoms with Crippen LogP contribution in [0.1, 0.15) is 28.7 Å². The quantitative estimate of drug-likeness (QED) is 0.816. The molecule has 0 saturated heterocycles. The number of amides is 1.